The summed E-state index contributed by atoms with van der Waals surface area (Å²) < 4.78 is 25.8. The fourth-order valence-corrected chi connectivity index (χ4v) is 4.06. The van der Waals surface area contributed by atoms with Gasteiger partial charge >= 0.3 is 11.9 Å². The third-order valence-corrected chi connectivity index (χ3v) is 6.26. The molecule has 0 aromatic carbocycles. The minimum atomic E-state index is -3.51. The first-order chi connectivity index (χ1) is 16.8. The minimum Gasteiger partial charge on any atom is -0.394 e. The van der Waals surface area contributed by atoms with Gasteiger partial charge in [0.05, 0.1) is 19.8 Å². The molecular formula is C18H32O18. The summed E-state index contributed by atoms with van der Waals surface area (Å²) in [4.78, 5) is 0. The van der Waals surface area contributed by atoms with Gasteiger partial charge in [-0.15, -0.1) is 0 Å². The lowest BCUT2D eigenvalue weighted by molar-refractivity contribution is -0.577. The number of hydrogen-bond acceptors (Lipinski definition) is 18. The molecule has 18 nitrogen and oxygen atoms in total. The molecule has 0 aliphatic carbocycles. The predicted molar refractivity (Wildman–Crippen MR) is 104 cm³/mol. The van der Waals surface area contributed by atoms with E-state index in [9.17, 15) is 66.4 Å². The molecule has 3 rings (SSSR count). The molecule has 0 aromatic heterocycles. The molecule has 0 amide bonds. The first kappa shape index (κ1) is 29.8. The van der Waals surface area contributed by atoms with Gasteiger partial charge in [-0.05, 0) is 0 Å². The van der Waals surface area contributed by atoms with Gasteiger partial charge in [-0.25, -0.2) is 0 Å². The Morgan fingerprint density at radius 1 is 0.556 bits per heavy atom. The SMILES string of the molecule is OC[C@H]1O[C@H](O[C@@]2(O[C@@]3(O)O[C@H](CO)[C@H](O)[C@H](O)[C@H]3O)O[C@H](CO)[C@H](O)[C@H](O)[C@H]2O)[C@H](O)[C@@H](O)[C@H]1O. The van der Waals surface area contributed by atoms with Crippen molar-refractivity contribution in [2.75, 3.05) is 19.8 Å². The Balaban J connectivity index is 2.03. The van der Waals surface area contributed by atoms with Crippen molar-refractivity contribution in [1.82, 2.24) is 0 Å². The molecule has 0 bridgehead atoms. The van der Waals surface area contributed by atoms with Crippen LogP contribution in [0.4, 0.5) is 0 Å². The standard InChI is InChI=1S/C18H32O18/c19-1-4-7(22)10(25)13(28)16(32-4)35-18(15(30)12(27)9(24)6(3-21)34-18)36-17(31)14(29)11(26)8(23)5(2-20)33-17/h4-16,19-31H,1-3H2/t4-,5-,6-,7+,8+,9+,10+,11+,12+,13-,14-,15-,16-,17+,18+/m1/s1. The van der Waals surface area contributed by atoms with E-state index < -0.39 is 111 Å². The minimum absolute atomic E-state index is 0.920. The Bertz CT molecular complexity index is 724. The number of ether oxygens (including phenoxy) is 5. The summed E-state index contributed by atoms with van der Waals surface area (Å²) in [5.41, 5.74) is 0. The smallest absolute Gasteiger partial charge is 0.320 e. The van der Waals surface area contributed by atoms with Crippen molar-refractivity contribution in [3.05, 3.63) is 0 Å². The van der Waals surface area contributed by atoms with Crippen LogP contribution in [0.3, 0.4) is 0 Å². The largest absolute Gasteiger partial charge is 0.394 e. The zero-order valence-corrected chi connectivity index (χ0v) is 18.5. The summed E-state index contributed by atoms with van der Waals surface area (Å²) in [5, 5.41) is 131. The van der Waals surface area contributed by atoms with E-state index in [0.29, 0.717) is 0 Å². The summed E-state index contributed by atoms with van der Waals surface area (Å²) in [6.07, 6.45) is -27.1. The van der Waals surface area contributed by atoms with E-state index in [-0.39, 0.29) is 0 Å². The third-order valence-electron chi connectivity index (χ3n) is 6.26. The number of rotatable bonds is 7. The van der Waals surface area contributed by atoms with E-state index >= 15 is 0 Å². The molecule has 3 heterocycles. The van der Waals surface area contributed by atoms with Gasteiger partial charge in [0.2, 0.25) is 0 Å². The highest BCUT2D eigenvalue weighted by atomic mass is 17.0. The molecule has 36 heavy (non-hydrogen) atoms. The highest BCUT2D eigenvalue weighted by molar-refractivity contribution is 4.98. The maximum Gasteiger partial charge on any atom is 0.320 e. The first-order valence-electron chi connectivity index (χ1n) is 10.8. The molecule has 0 saturated carbocycles. The van der Waals surface area contributed by atoms with Gasteiger partial charge < -0.3 is 80.6 Å². The Morgan fingerprint density at radius 3 is 1.56 bits per heavy atom. The maximum absolute atomic E-state index is 10.9. The second-order valence-corrected chi connectivity index (χ2v) is 8.68. The second-order valence-electron chi connectivity index (χ2n) is 8.68. The van der Waals surface area contributed by atoms with Gasteiger partial charge in [0, 0.05) is 0 Å². The van der Waals surface area contributed by atoms with Crippen molar-refractivity contribution in [1.29, 1.82) is 0 Å². The highest BCUT2D eigenvalue weighted by Crippen LogP contribution is 2.41. The van der Waals surface area contributed by atoms with Gasteiger partial charge in [0.25, 0.3) is 0 Å². The van der Waals surface area contributed by atoms with Crippen molar-refractivity contribution in [3.63, 3.8) is 0 Å². The molecule has 3 fully saturated rings. The molecule has 0 unspecified atom stereocenters. The predicted octanol–water partition coefficient (Wildman–Crippen LogP) is -8.93. The van der Waals surface area contributed by atoms with Crippen LogP contribution in [0.15, 0.2) is 0 Å². The van der Waals surface area contributed by atoms with Gasteiger partial charge in [0.15, 0.2) is 18.5 Å². The van der Waals surface area contributed by atoms with E-state index in [1.54, 1.807) is 0 Å². The molecule has 3 saturated heterocycles. The van der Waals surface area contributed by atoms with E-state index in [2.05, 4.69) is 0 Å². The molecule has 18 heteroatoms. The third kappa shape index (κ3) is 5.12. The first-order valence-corrected chi connectivity index (χ1v) is 10.8. The van der Waals surface area contributed by atoms with Crippen LogP contribution in [0.5, 0.6) is 0 Å². The number of hydrogen-bond donors (Lipinski definition) is 13. The van der Waals surface area contributed by atoms with Crippen LogP contribution >= 0.6 is 0 Å². The van der Waals surface area contributed by atoms with Gasteiger partial charge in [-0.3, -0.25) is 9.47 Å². The fraction of sp³-hybridized carbons (Fsp3) is 1.00. The summed E-state index contributed by atoms with van der Waals surface area (Å²) in [7, 11) is 0. The van der Waals surface area contributed by atoms with Crippen molar-refractivity contribution in [3.8, 4) is 0 Å². The number of aliphatic hydroxyl groups excluding tert-OH is 12. The van der Waals surface area contributed by atoms with Crippen LogP contribution in [0, 0.1) is 0 Å². The Labute approximate surface area is 202 Å². The topological polar surface area (TPSA) is 309 Å². The van der Waals surface area contributed by atoms with Crippen LogP contribution in [-0.4, -0.2) is 178 Å². The average molecular weight is 536 g/mol. The van der Waals surface area contributed by atoms with Crippen LogP contribution in [0.2, 0.25) is 0 Å². The van der Waals surface area contributed by atoms with Crippen LogP contribution in [0.25, 0.3) is 0 Å². The summed E-state index contributed by atoms with van der Waals surface area (Å²) in [6.45, 7) is -3.03. The second kappa shape index (κ2) is 11.2. The van der Waals surface area contributed by atoms with E-state index in [1.165, 1.54) is 0 Å². The molecule has 15 atom stereocenters. The maximum atomic E-state index is 10.9. The fourth-order valence-electron chi connectivity index (χ4n) is 4.06. The molecule has 3 aliphatic rings. The van der Waals surface area contributed by atoms with Crippen molar-refractivity contribution >= 4 is 0 Å². The van der Waals surface area contributed by atoms with E-state index in [1.807, 2.05) is 0 Å². The van der Waals surface area contributed by atoms with Crippen LogP contribution < -0.4 is 0 Å². The molecular weight excluding hydrogens is 504 g/mol. The lowest BCUT2D eigenvalue weighted by Crippen LogP contribution is -2.75. The summed E-state index contributed by atoms with van der Waals surface area (Å²) in [5.74, 6) is -6.87. The van der Waals surface area contributed by atoms with Gasteiger partial charge in [0.1, 0.15) is 61.0 Å². The summed E-state index contributed by atoms with van der Waals surface area (Å²) >= 11 is 0. The monoisotopic (exact) mass is 536 g/mol. The molecule has 212 valence electrons. The zero-order valence-electron chi connectivity index (χ0n) is 18.5. The molecule has 0 spiro atoms. The molecule has 0 radical (unpaired) electrons. The van der Waals surface area contributed by atoms with Crippen molar-refractivity contribution in [2.24, 2.45) is 0 Å². The van der Waals surface area contributed by atoms with Gasteiger partial charge in [-0.2, -0.15) is 0 Å². The molecule has 0 aromatic rings. The van der Waals surface area contributed by atoms with E-state index in [4.69, 9.17) is 23.7 Å². The quantitative estimate of drug-likeness (QED) is 0.134. The molecule has 3 aliphatic heterocycles. The Morgan fingerprint density at radius 2 is 1.03 bits per heavy atom. The van der Waals surface area contributed by atoms with Gasteiger partial charge in [-0.1, -0.05) is 0 Å². The lowest BCUT2D eigenvalue weighted by atomic mass is 9.95. The lowest BCUT2D eigenvalue weighted by Gasteiger charge is -2.53. The highest BCUT2D eigenvalue weighted by Gasteiger charge is 2.65. The van der Waals surface area contributed by atoms with E-state index in [0.717, 1.165) is 0 Å². The zero-order chi connectivity index (χ0) is 27.2. The van der Waals surface area contributed by atoms with Crippen LogP contribution in [0.1, 0.15) is 0 Å². The van der Waals surface area contributed by atoms with Crippen LogP contribution in [-0.2, 0) is 23.7 Å². The Kier molecular flexibility index (Phi) is 9.26. The normalized spacial score (nSPS) is 54.4. The molecule has 13 N–H and O–H groups in total. The number of aliphatic hydroxyl groups is 13. The summed E-state index contributed by atoms with van der Waals surface area (Å²) in [6, 6.07) is 0. The Hall–Kier alpha value is -0.720. The van der Waals surface area contributed by atoms with Crippen molar-refractivity contribution < 1.29 is 90.1 Å². The average Bonchev–Trinajstić information content (AvgIpc) is 2.86. The van der Waals surface area contributed by atoms with Crippen molar-refractivity contribution in [2.45, 2.75) is 91.5 Å².